The van der Waals surface area contributed by atoms with Crippen LogP contribution in [0.4, 0.5) is 0 Å². The van der Waals surface area contributed by atoms with Gasteiger partial charge in [-0.2, -0.15) is 0 Å². The molecule has 0 bridgehead atoms. The molecular formula is C21H22N2O. The molecule has 4 rings (SSSR count). The minimum absolute atomic E-state index is 0.400. The highest BCUT2D eigenvalue weighted by atomic mass is 16.3. The van der Waals surface area contributed by atoms with Crippen LogP contribution in [-0.2, 0) is 6.42 Å². The van der Waals surface area contributed by atoms with E-state index in [4.69, 9.17) is 0 Å². The molecule has 24 heavy (non-hydrogen) atoms. The molecule has 1 aromatic heterocycles. The monoisotopic (exact) mass is 318 g/mol. The predicted molar refractivity (Wildman–Crippen MR) is 99.1 cm³/mol. The van der Waals surface area contributed by atoms with E-state index in [2.05, 4.69) is 46.7 Å². The fourth-order valence-electron chi connectivity index (χ4n) is 3.63. The van der Waals surface area contributed by atoms with Crippen molar-refractivity contribution in [3.63, 3.8) is 0 Å². The van der Waals surface area contributed by atoms with Crippen LogP contribution in [-0.4, -0.2) is 22.7 Å². The molecule has 2 heterocycles. The summed E-state index contributed by atoms with van der Waals surface area (Å²) in [6.45, 7) is 0.912. The van der Waals surface area contributed by atoms with E-state index in [0.717, 1.165) is 42.3 Å². The quantitative estimate of drug-likeness (QED) is 0.673. The van der Waals surface area contributed by atoms with E-state index in [1.807, 2.05) is 18.3 Å². The lowest BCUT2D eigenvalue weighted by Gasteiger charge is -2.25. The number of aromatic amines is 1. The second kappa shape index (κ2) is 6.54. The van der Waals surface area contributed by atoms with Crippen molar-refractivity contribution in [2.24, 2.45) is 0 Å². The third-order valence-electron chi connectivity index (χ3n) is 4.93. The second-order valence-corrected chi connectivity index (χ2v) is 6.45. The maximum atomic E-state index is 10.2. The molecule has 1 atom stereocenters. The summed E-state index contributed by atoms with van der Waals surface area (Å²) in [5, 5.41) is 15.0. The number of hydrogen-bond donors (Lipinski definition) is 3. The van der Waals surface area contributed by atoms with E-state index in [0.29, 0.717) is 11.8 Å². The lowest BCUT2D eigenvalue weighted by atomic mass is 9.91. The van der Waals surface area contributed by atoms with Gasteiger partial charge in [-0.25, -0.2) is 0 Å². The van der Waals surface area contributed by atoms with Crippen LogP contribution in [0.25, 0.3) is 16.5 Å². The first kappa shape index (κ1) is 15.0. The summed E-state index contributed by atoms with van der Waals surface area (Å²) in [6, 6.07) is 16.8. The predicted octanol–water partition coefficient (Wildman–Crippen LogP) is 4.25. The van der Waals surface area contributed by atoms with E-state index in [1.165, 1.54) is 11.1 Å². The van der Waals surface area contributed by atoms with Crippen LogP contribution in [0.3, 0.4) is 0 Å². The van der Waals surface area contributed by atoms with Crippen molar-refractivity contribution in [1.82, 2.24) is 10.3 Å². The van der Waals surface area contributed by atoms with Gasteiger partial charge >= 0.3 is 0 Å². The van der Waals surface area contributed by atoms with Crippen LogP contribution in [0.5, 0.6) is 5.75 Å². The second-order valence-electron chi connectivity index (χ2n) is 6.45. The average molecular weight is 318 g/mol. The fraction of sp³-hybridized carbons (Fsp3) is 0.238. The molecule has 3 N–H and O–H groups in total. The Morgan fingerprint density at radius 2 is 1.92 bits per heavy atom. The number of phenolic OH excluding ortho intramolecular Hbond substituents is 1. The largest absolute Gasteiger partial charge is 0.508 e. The van der Waals surface area contributed by atoms with Crippen LogP contribution in [0.1, 0.15) is 24.0 Å². The number of aryl methyl sites for hydroxylation is 1. The first-order chi connectivity index (χ1) is 11.8. The first-order valence-electron chi connectivity index (χ1n) is 8.57. The summed E-state index contributed by atoms with van der Waals surface area (Å²) in [5.74, 6) is 0.400. The minimum atomic E-state index is 0.400. The van der Waals surface area contributed by atoms with Gasteiger partial charge in [0.1, 0.15) is 5.75 Å². The molecule has 1 aliphatic heterocycles. The van der Waals surface area contributed by atoms with Crippen molar-refractivity contribution in [2.45, 2.75) is 25.3 Å². The smallest absolute Gasteiger partial charge is 0.119 e. The number of H-pyrrole nitrogens is 1. The summed E-state index contributed by atoms with van der Waals surface area (Å²) in [5.41, 5.74) is 4.87. The normalized spacial score (nSPS) is 17.8. The first-order valence-corrected chi connectivity index (χ1v) is 8.57. The highest BCUT2D eigenvalue weighted by Gasteiger charge is 2.17. The number of aromatic hydroxyl groups is 1. The number of rotatable bonds is 4. The lowest BCUT2D eigenvalue weighted by molar-refractivity contribution is 0.459. The van der Waals surface area contributed by atoms with Gasteiger partial charge in [0.05, 0.1) is 0 Å². The summed E-state index contributed by atoms with van der Waals surface area (Å²) >= 11 is 0. The van der Waals surface area contributed by atoms with Crippen molar-refractivity contribution in [2.75, 3.05) is 6.54 Å². The molecule has 1 aliphatic rings. The zero-order chi connectivity index (χ0) is 16.4. The van der Waals surface area contributed by atoms with Crippen LogP contribution in [0, 0.1) is 0 Å². The molecule has 0 aliphatic carbocycles. The van der Waals surface area contributed by atoms with Crippen LogP contribution < -0.4 is 5.32 Å². The van der Waals surface area contributed by atoms with E-state index in [1.54, 1.807) is 6.07 Å². The Kier molecular flexibility index (Phi) is 4.09. The van der Waals surface area contributed by atoms with E-state index < -0.39 is 0 Å². The molecule has 3 nitrogen and oxygen atoms in total. The zero-order valence-corrected chi connectivity index (χ0v) is 13.6. The van der Waals surface area contributed by atoms with Gasteiger partial charge in [-0.1, -0.05) is 36.4 Å². The van der Waals surface area contributed by atoms with E-state index >= 15 is 0 Å². The number of aromatic nitrogens is 1. The van der Waals surface area contributed by atoms with Gasteiger partial charge in [-0.15, -0.1) is 0 Å². The van der Waals surface area contributed by atoms with Gasteiger partial charge < -0.3 is 15.4 Å². The Morgan fingerprint density at radius 3 is 2.79 bits per heavy atom. The van der Waals surface area contributed by atoms with Crippen molar-refractivity contribution < 1.29 is 5.11 Å². The zero-order valence-electron chi connectivity index (χ0n) is 13.6. The number of phenols is 1. The molecule has 3 heteroatoms. The lowest BCUT2D eigenvalue weighted by Crippen LogP contribution is -2.33. The van der Waals surface area contributed by atoms with Gasteiger partial charge in [0.25, 0.3) is 0 Å². The van der Waals surface area contributed by atoms with Gasteiger partial charge in [0.15, 0.2) is 0 Å². The Bertz CT molecular complexity index is 864. The number of benzene rings is 2. The van der Waals surface area contributed by atoms with Crippen molar-refractivity contribution in [1.29, 1.82) is 0 Å². The van der Waals surface area contributed by atoms with Gasteiger partial charge in [-0.3, -0.25) is 0 Å². The molecule has 0 saturated heterocycles. The Morgan fingerprint density at radius 1 is 1.04 bits per heavy atom. The minimum Gasteiger partial charge on any atom is -0.508 e. The third kappa shape index (κ3) is 2.95. The standard InChI is InChI=1S/C21H22N2O/c24-21-9-8-20-18(11-13-23-20)19(21)7-6-17-14-16(10-12-22-17)15-4-2-1-3-5-15/h1-5,8-11,13,17,22-24H,6-7,12,14H2. The Balaban J connectivity index is 1.47. The SMILES string of the molecule is Oc1ccc2[nH]ccc2c1CCC1CC(c2ccccc2)=CCN1. The molecule has 0 radical (unpaired) electrons. The number of nitrogens with one attached hydrogen (secondary N) is 2. The molecule has 1 unspecified atom stereocenters. The van der Waals surface area contributed by atoms with E-state index in [9.17, 15) is 5.11 Å². The molecule has 122 valence electrons. The Labute approximate surface area is 142 Å². The number of fused-ring (bicyclic) bond motifs is 1. The molecule has 0 amide bonds. The number of hydrogen-bond acceptors (Lipinski definition) is 2. The van der Waals surface area contributed by atoms with Gasteiger partial charge in [0, 0.05) is 35.2 Å². The highest BCUT2D eigenvalue weighted by molar-refractivity contribution is 5.85. The summed E-state index contributed by atoms with van der Waals surface area (Å²) in [4.78, 5) is 3.22. The van der Waals surface area contributed by atoms with Crippen LogP contribution in [0.15, 0.2) is 60.8 Å². The van der Waals surface area contributed by atoms with Crippen LogP contribution in [0.2, 0.25) is 0 Å². The van der Waals surface area contributed by atoms with Crippen molar-refractivity contribution in [3.8, 4) is 5.75 Å². The molecule has 2 aromatic carbocycles. The topological polar surface area (TPSA) is 48.0 Å². The molecule has 0 fully saturated rings. The Hall–Kier alpha value is -2.52. The van der Waals surface area contributed by atoms with Crippen molar-refractivity contribution in [3.05, 3.63) is 71.9 Å². The highest BCUT2D eigenvalue weighted by Crippen LogP contribution is 2.30. The summed E-state index contributed by atoms with van der Waals surface area (Å²) < 4.78 is 0. The van der Waals surface area contributed by atoms with Gasteiger partial charge in [-0.05, 0) is 48.6 Å². The van der Waals surface area contributed by atoms with Crippen molar-refractivity contribution >= 4 is 16.5 Å². The molecular weight excluding hydrogens is 296 g/mol. The summed E-state index contributed by atoms with van der Waals surface area (Å²) in [7, 11) is 0. The van der Waals surface area contributed by atoms with Crippen LogP contribution >= 0.6 is 0 Å². The molecule has 3 aromatic rings. The maximum Gasteiger partial charge on any atom is 0.119 e. The maximum absolute atomic E-state index is 10.2. The molecule has 0 saturated carbocycles. The molecule has 0 spiro atoms. The third-order valence-corrected chi connectivity index (χ3v) is 4.93. The average Bonchev–Trinajstić information content (AvgIpc) is 3.11. The fourth-order valence-corrected chi connectivity index (χ4v) is 3.63. The van der Waals surface area contributed by atoms with Gasteiger partial charge in [0.2, 0.25) is 0 Å². The summed E-state index contributed by atoms with van der Waals surface area (Å²) in [6.07, 6.45) is 7.15. The van der Waals surface area contributed by atoms with E-state index in [-0.39, 0.29) is 0 Å².